The molecule has 1 aromatic carbocycles. The molecule has 0 atom stereocenters. The van der Waals surface area contributed by atoms with Crippen LogP contribution in [-0.4, -0.2) is 19.6 Å². The molecule has 0 radical (unpaired) electrons. The number of hydrogen-bond donors (Lipinski definition) is 2. The molecular weight excluding hydrogens is 199 g/mol. The van der Waals surface area contributed by atoms with Gasteiger partial charge in [-0.1, -0.05) is 0 Å². The highest BCUT2D eigenvalue weighted by Gasteiger charge is 2.08. The van der Waals surface area contributed by atoms with E-state index in [2.05, 4.69) is 5.32 Å². The normalized spacial score (nSPS) is 9.80. The summed E-state index contributed by atoms with van der Waals surface area (Å²) >= 11 is 0. The lowest BCUT2D eigenvalue weighted by atomic mass is 10.2. The summed E-state index contributed by atoms with van der Waals surface area (Å²) in [4.78, 5) is 10.9. The fourth-order valence-corrected chi connectivity index (χ4v) is 0.996. The Kier molecular flexibility index (Phi) is 3.49. The summed E-state index contributed by atoms with van der Waals surface area (Å²) in [7, 11) is 1.48. The lowest BCUT2D eigenvalue weighted by Crippen LogP contribution is -2.25. The maximum absolute atomic E-state index is 13.2. The molecule has 0 heterocycles. The van der Waals surface area contributed by atoms with Gasteiger partial charge in [0.2, 0.25) is 0 Å². The number of ether oxygens (including phenoxy) is 1. The molecule has 1 rings (SSSR count). The van der Waals surface area contributed by atoms with Gasteiger partial charge in [-0.3, -0.25) is 4.79 Å². The van der Waals surface area contributed by atoms with Crippen LogP contribution in [0.3, 0.4) is 0 Å². The zero-order valence-corrected chi connectivity index (χ0v) is 8.63. The van der Waals surface area contributed by atoms with Crippen molar-refractivity contribution in [3.05, 3.63) is 23.5 Å². The van der Waals surface area contributed by atoms with Crippen LogP contribution in [0.25, 0.3) is 0 Å². The van der Waals surface area contributed by atoms with Crippen LogP contribution in [0.15, 0.2) is 12.1 Å². The van der Waals surface area contributed by atoms with Crippen molar-refractivity contribution in [3.8, 4) is 5.75 Å². The van der Waals surface area contributed by atoms with Gasteiger partial charge in [-0.2, -0.15) is 0 Å². The van der Waals surface area contributed by atoms with E-state index in [-0.39, 0.29) is 18.3 Å². The molecule has 4 nitrogen and oxygen atoms in total. The van der Waals surface area contributed by atoms with E-state index in [1.165, 1.54) is 19.2 Å². The second-order valence-electron chi connectivity index (χ2n) is 3.10. The quantitative estimate of drug-likeness (QED) is 0.730. The minimum Gasteiger partial charge on any atom is -0.481 e. The molecule has 0 aliphatic heterocycles. The lowest BCUT2D eigenvalue weighted by Gasteiger charge is -2.08. The molecule has 5 heteroatoms. The van der Waals surface area contributed by atoms with Gasteiger partial charge in [0.05, 0.1) is 0 Å². The van der Waals surface area contributed by atoms with E-state index in [0.29, 0.717) is 11.3 Å². The van der Waals surface area contributed by atoms with Crippen LogP contribution in [0.2, 0.25) is 0 Å². The van der Waals surface area contributed by atoms with Crippen LogP contribution in [0.4, 0.5) is 10.1 Å². The molecule has 0 aliphatic rings. The topological polar surface area (TPSA) is 64.3 Å². The lowest BCUT2D eigenvalue weighted by molar-refractivity contribution is -0.122. The third kappa shape index (κ3) is 2.83. The second kappa shape index (κ2) is 4.63. The third-order valence-electron chi connectivity index (χ3n) is 1.96. The van der Waals surface area contributed by atoms with Crippen molar-refractivity contribution in [2.24, 2.45) is 0 Å². The minimum atomic E-state index is -0.568. The summed E-state index contributed by atoms with van der Waals surface area (Å²) in [6, 6.07) is 2.64. The van der Waals surface area contributed by atoms with E-state index in [9.17, 15) is 9.18 Å². The first kappa shape index (κ1) is 11.3. The van der Waals surface area contributed by atoms with E-state index >= 15 is 0 Å². The summed E-state index contributed by atoms with van der Waals surface area (Å²) in [5.41, 5.74) is 6.57. The second-order valence-corrected chi connectivity index (χ2v) is 3.10. The number of nitrogens with two attached hydrogens (primary N) is 1. The van der Waals surface area contributed by atoms with E-state index in [4.69, 9.17) is 10.5 Å². The number of aryl methyl sites for hydroxylation is 1. The van der Waals surface area contributed by atoms with Crippen molar-refractivity contribution in [1.29, 1.82) is 0 Å². The summed E-state index contributed by atoms with van der Waals surface area (Å²) in [5.74, 6) is -0.851. The zero-order valence-electron chi connectivity index (χ0n) is 8.63. The van der Waals surface area contributed by atoms with Gasteiger partial charge in [0, 0.05) is 18.8 Å². The van der Waals surface area contributed by atoms with Gasteiger partial charge < -0.3 is 15.8 Å². The summed E-state index contributed by atoms with van der Waals surface area (Å²) in [6.45, 7) is 1.53. The third-order valence-corrected chi connectivity index (χ3v) is 1.96. The summed E-state index contributed by atoms with van der Waals surface area (Å²) in [5, 5.41) is 2.37. The van der Waals surface area contributed by atoms with Crippen molar-refractivity contribution in [2.75, 3.05) is 19.4 Å². The molecule has 0 aliphatic carbocycles. The minimum absolute atomic E-state index is 0.0327. The van der Waals surface area contributed by atoms with E-state index in [0.717, 1.165) is 0 Å². The van der Waals surface area contributed by atoms with Crippen LogP contribution < -0.4 is 15.8 Å². The molecule has 15 heavy (non-hydrogen) atoms. The van der Waals surface area contributed by atoms with E-state index in [1.807, 2.05) is 0 Å². The predicted molar refractivity (Wildman–Crippen MR) is 55.1 cm³/mol. The monoisotopic (exact) mass is 212 g/mol. The van der Waals surface area contributed by atoms with Crippen LogP contribution in [0.5, 0.6) is 5.75 Å². The molecule has 0 bridgehead atoms. The average molecular weight is 212 g/mol. The number of amides is 1. The van der Waals surface area contributed by atoms with Crippen molar-refractivity contribution in [2.45, 2.75) is 6.92 Å². The van der Waals surface area contributed by atoms with Gasteiger partial charge in [0.25, 0.3) is 5.91 Å². The maximum Gasteiger partial charge on any atom is 0.257 e. The van der Waals surface area contributed by atoms with Gasteiger partial charge in [-0.15, -0.1) is 0 Å². The Bertz CT molecular complexity index is 380. The van der Waals surface area contributed by atoms with Crippen LogP contribution in [0, 0.1) is 12.7 Å². The Morgan fingerprint density at radius 1 is 1.60 bits per heavy atom. The largest absolute Gasteiger partial charge is 0.481 e. The molecule has 0 fully saturated rings. The standard InChI is InChI=1S/C10H13FN2O2/c1-6-3-9(7(11)4-8(6)12)15-5-10(14)13-2/h3-4H,5,12H2,1-2H3,(H,13,14). The number of benzene rings is 1. The van der Waals surface area contributed by atoms with Crippen molar-refractivity contribution in [3.63, 3.8) is 0 Å². The number of carbonyl (C=O) groups excluding carboxylic acids is 1. The first-order valence-electron chi connectivity index (χ1n) is 4.43. The maximum atomic E-state index is 13.2. The van der Waals surface area contributed by atoms with Gasteiger partial charge >= 0.3 is 0 Å². The molecular formula is C10H13FN2O2. The van der Waals surface area contributed by atoms with Crippen molar-refractivity contribution < 1.29 is 13.9 Å². The van der Waals surface area contributed by atoms with Crippen LogP contribution >= 0.6 is 0 Å². The molecule has 82 valence electrons. The molecule has 3 N–H and O–H groups in total. The zero-order chi connectivity index (χ0) is 11.4. The number of nitrogens with one attached hydrogen (secondary N) is 1. The summed E-state index contributed by atoms with van der Waals surface area (Å²) in [6.07, 6.45) is 0. The van der Waals surface area contributed by atoms with Crippen LogP contribution in [-0.2, 0) is 4.79 Å². The molecule has 1 aromatic rings. The fraction of sp³-hybridized carbons (Fsp3) is 0.300. The van der Waals surface area contributed by atoms with Gasteiger partial charge in [0.15, 0.2) is 18.2 Å². The Morgan fingerprint density at radius 2 is 2.27 bits per heavy atom. The molecule has 0 saturated heterocycles. The fourth-order valence-electron chi connectivity index (χ4n) is 0.996. The van der Waals surface area contributed by atoms with Crippen molar-refractivity contribution in [1.82, 2.24) is 5.32 Å². The number of carbonyl (C=O) groups is 1. The molecule has 1 amide bonds. The highest BCUT2D eigenvalue weighted by atomic mass is 19.1. The SMILES string of the molecule is CNC(=O)COc1cc(C)c(N)cc1F. The Labute approximate surface area is 87.2 Å². The summed E-state index contributed by atoms with van der Waals surface area (Å²) < 4.78 is 18.2. The number of rotatable bonds is 3. The number of hydrogen-bond acceptors (Lipinski definition) is 3. The predicted octanol–water partition coefficient (Wildman–Crippen LogP) is 0.841. The molecule has 0 saturated carbocycles. The first-order valence-corrected chi connectivity index (χ1v) is 4.43. The van der Waals surface area contributed by atoms with Gasteiger partial charge in [-0.25, -0.2) is 4.39 Å². The number of anilines is 1. The van der Waals surface area contributed by atoms with Crippen molar-refractivity contribution >= 4 is 11.6 Å². The Morgan fingerprint density at radius 3 is 2.87 bits per heavy atom. The number of nitrogen functional groups attached to an aromatic ring is 1. The highest BCUT2D eigenvalue weighted by molar-refractivity contribution is 5.77. The molecule has 0 aromatic heterocycles. The Hall–Kier alpha value is -1.78. The van der Waals surface area contributed by atoms with Crippen LogP contribution in [0.1, 0.15) is 5.56 Å². The smallest absolute Gasteiger partial charge is 0.257 e. The molecule has 0 spiro atoms. The average Bonchev–Trinajstić information content (AvgIpc) is 2.21. The first-order chi connectivity index (χ1) is 7.04. The van der Waals surface area contributed by atoms with Gasteiger partial charge in [0.1, 0.15) is 0 Å². The Balaban J connectivity index is 2.77. The van der Waals surface area contributed by atoms with Gasteiger partial charge in [-0.05, 0) is 18.6 Å². The van der Waals surface area contributed by atoms with E-state index in [1.54, 1.807) is 6.92 Å². The molecule has 0 unspecified atom stereocenters. The highest BCUT2D eigenvalue weighted by Crippen LogP contribution is 2.23. The van der Waals surface area contributed by atoms with E-state index < -0.39 is 5.82 Å². The number of halogens is 1. The number of likely N-dealkylation sites (N-methyl/N-ethyl adjacent to an activating group) is 1.